The zero-order valence-corrected chi connectivity index (χ0v) is 34.6. The summed E-state index contributed by atoms with van der Waals surface area (Å²) in [4.78, 5) is 0. The summed E-state index contributed by atoms with van der Waals surface area (Å²) in [6, 6.07) is 0. The van der Waals surface area contributed by atoms with Gasteiger partial charge in [-0.15, -0.1) is 0 Å². The van der Waals surface area contributed by atoms with E-state index in [-0.39, 0.29) is 23.7 Å². The van der Waals surface area contributed by atoms with Crippen molar-refractivity contribution in [2.45, 2.75) is 192 Å². The van der Waals surface area contributed by atoms with E-state index in [0.29, 0.717) is 44.9 Å². The molecule has 0 aromatic carbocycles. The van der Waals surface area contributed by atoms with Crippen molar-refractivity contribution in [2.24, 2.45) is 45.3 Å². The third kappa shape index (κ3) is 7.06. The van der Waals surface area contributed by atoms with Gasteiger partial charge in [-0.1, -0.05) is 46.3 Å². The monoisotopic (exact) mass is 800 g/mol. The highest BCUT2D eigenvalue weighted by Crippen LogP contribution is 2.76. The molecule has 2 heterocycles. The molecule has 2 aliphatic heterocycles. The average molecular weight is 801 g/mol. The van der Waals surface area contributed by atoms with Gasteiger partial charge in [0.1, 0.15) is 48.8 Å². The fourth-order valence-electron chi connectivity index (χ4n) is 13.5. The minimum absolute atomic E-state index is 0.000258. The van der Waals surface area contributed by atoms with Crippen molar-refractivity contribution >= 4 is 0 Å². The highest BCUT2D eigenvalue weighted by molar-refractivity contribution is 5.22. The van der Waals surface area contributed by atoms with Crippen molar-refractivity contribution in [2.75, 3.05) is 13.2 Å². The van der Waals surface area contributed by atoms with Gasteiger partial charge in [0.15, 0.2) is 12.6 Å². The molecule has 14 nitrogen and oxygen atoms in total. The Morgan fingerprint density at radius 2 is 1.32 bits per heavy atom. The molecule has 6 rings (SSSR count). The quantitative estimate of drug-likeness (QED) is 0.110. The van der Waals surface area contributed by atoms with Gasteiger partial charge in [-0.25, -0.2) is 0 Å². The summed E-state index contributed by atoms with van der Waals surface area (Å²) in [5.41, 5.74) is -1.92. The van der Waals surface area contributed by atoms with Gasteiger partial charge in [0.25, 0.3) is 0 Å². The zero-order valence-electron chi connectivity index (χ0n) is 34.6. The molecule has 10 N–H and O–H groups in total. The molecular formula is C42H72O14. The molecule has 0 aromatic heterocycles. The van der Waals surface area contributed by atoms with Crippen LogP contribution in [0.3, 0.4) is 0 Å². The molecule has 4 aliphatic carbocycles. The van der Waals surface area contributed by atoms with Crippen LogP contribution in [0.4, 0.5) is 0 Å². The Bertz CT molecular complexity index is 1400. The SMILES string of the molecule is CC(C)=CCC[C@](C)(OC1OC(CO)C(O)C(O)C1O)C1CC[C@@]2(C)[C@H]1[C@@H](O)C[C@H]1[C@]3(C)CC[C@@H](O)C(C)(C)[C@H]3[C@H](OC3OC(CO)C(O)C(O)C3O)C[C@@]12C. The minimum Gasteiger partial charge on any atom is -0.394 e. The summed E-state index contributed by atoms with van der Waals surface area (Å²) < 4.78 is 25.4. The lowest BCUT2D eigenvalue weighted by Gasteiger charge is -2.72. The molecule has 6 fully saturated rings. The van der Waals surface area contributed by atoms with Crippen molar-refractivity contribution in [1.29, 1.82) is 0 Å². The Morgan fingerprint density at radius 3 is 1.89 bits per heavy atom. The first-order valence-electron chi connectivity index (χ1n) is 21.0. The molecule has 324 valence electrons. The third-order valence-electron chi connectivity index (χ3n) is 16.6. The van der Waals surface area contributed by atoms with Gasteiger partial charge in [-0.2, -0.15) is 0 Å². The number of aliphatic hydroxyl groups excluding tert-OH is 10. The maximum atomic E-state index is 12.6. The second-order valence-electron chi connectivity index (χ2n) is 20.2. The summed E-state index contributed by atoms with van der Waals surface area (Å²) >= 11 is 0. The molecule has 0 aromatic rings. The molecule has 0 amide bonds. The fourth-order valence-corrected chi connectivity index (χ4v) is 13.5. The van der Waals surface area contributed by atoms with Crippen LogP contribution in [0.15, 0.2) is 11.6 Å². The molecule has 14 heteroatoms. The molecule has 6 aliphatic rings. The number of allylic oxidation sites excluding steroid dienone is 2. The number of hydrogen-bond donors (Lipinski definition) is 10. The number of rotatable bonds is 10. The van der Waals surface area contributed by atoms with E-state index in [1.54, 1.807) is 0 Å². The van der Waals surface area contributed by atoms with E-state index in [2.05, 4.69) is 26.8 Å². The predicted octanol–water partition coefficient (Wildman–Crippen LogP) is 1.12. The topological polar surface area (TPSA) is 239 Å². The van der Waals surface area contributed by atoms with E-state index in [0.717, 1.165) is 12.0 Å². The molecule has 11 unspecified atom stereocenters. The Balaban J connectivity index is 1.39. The fraction of sp³-hybridized carbons (Fsp3) is 0.952. The van der Waals surface area contributed by atoms with E-state index in [1.807, 2.05) is 34.6 Å². The van der Waals surface area contributed by atoms with Gasteiger partial charge in [0.2, 0.25) is 0 Å². The largest absolute Gasteiger partial charge is 0.394 e. The van der Waals surface area contributed by atoms with E-state index in [1.165, 1.54) is 0 Å². The Morgan fingerprint density at radius 1 is 0.750 bits per heavy atom. The molecule has 0 spiro atoms. The van der Waals surface area contributed by atoms with Crippen LogP contribution in [-0.4, -0.2) is 150 Å². The number of ether oxygens (including phenoxy) is 4. The van der Waals surface area contributed by atoms with Crippen LogP contribution >= 0.6 is 0 Å². The van der Waals surface area contributed by atoms with Crippen molar-refractivity contribution in [3.63, 3.8) is 0 Å². The second-order valence-corrected chi connectivity index (χ2v) is 20.2. The average Bonchev–Trinajstić information content (AvgIpc) is 3.52. The van der Waals surface area contributed by atoms with E-state index >= 15 is 0 Å². The third-order valence-corrected chi connectivity index (χ3v) is 16.6. The molecule has 0 bridgehead atoms. The van der Waals surface area contributed by atoms with Crippen LogP contribution in [-0.2, 0) is 18.9 Å². The van der Waals surface area contributed by atoms with Gasteiger partial charge in [0.05, 0.1) is 37.1 Å². The Hall–Kier alpha value is -0.820. The van der Waals surface area contributed by atoms with Gasteiger partial charge in [-0.3, -0.25) is 0 Å². The smallest absolute Gasteiger partial charge is 0.187 e. The normalized spacial score (nSPS) is 52.6. The number of aliphatic hydroxyl groups is 10. The van der Waals surface area contributed by atoms with Crippen molar-refractivity contribution in [3.8, 4) is 0 Å². The van der Waals surface area contributed by atoms with Crippen LogP contribution < -0.4 is 0 Å². The molecule has 4 saturated carbocycles. The van der Waals surface area contributed by atoms with E-state index < -0.39 is 120 Å². The van der Waals surface area contributed by atoms with Gasteiger partial charge < -0.3 is 70.0 Å². The standard InChI is InChI=1S/C42H72O14/c1-20(2)10-9-13-42(8,56-37-34(52)32(50)30(48)25(19-44)55-37)21-11-15-40(6)28(21)22(45)16-26-39(5)14-12-27(46)38(3,4)35(39)23(17-41(26,40)7)53-36-33(51)31(49)29(47)24(18-43)54-36/h10,21-37,43-52H,9,11-19H2,1-8H3/t21?,22-,23+,24?,25?,26-,27+,28+,29?,30?,31?,32?,33?,34?,35+,36?,37?,39-,40-,41-,42-/m0/s1. The summed E-state index contributed by atoms with van der Waals surface area (Å²) in [5, 5.41) is 109. The number of fused-ring (bicyclic) bond motifs is 5. The minimum atomic E-state index is -1.61. The van der Waals surface area contributed by atoms with Gasteiger partial charge in [0, 0.05) is 0 Å². The predicted molar refractivity (Wildman–Crippen MR) is 202 cm³/mol. The first-order valence-corrected chi connectivity index (χ1v) is 21.0. The van der Waals surface area contributed by atoms with Crippen LogP contribution in [0.2, 0.25) is 0 Å². The van der Waals surface area contributed by atoms with Crippen LogP contribution in [0.5, 0.6) is 0 Å². The van der Waals surface area contributed by atoms with Crippen molar-refractivity contribution in [1.82, 2.24) is 0 Å². The van der Waals surface area contributed by atoms with Gasteiger partial charge in [-0.05, 0) is 117 Å². The molecule has 0 radical (unpaired) electrons. The lowest BCUT2D eigenvalue weighted by atomic mass is 9.34. The summed E-state index contributed by atoms with van der Waals surface area (Å²) in [6.45, 7) is 15.7. The lowest BCUT2D eigenvalue weighted by Crippen LogP contribution is -2.71. The molecule has 21 atom stereocenters. The van der Waals surface area contributed by atoms with Gasteiger partial charge >= 0.3 is 0 Å². The number of hydrogen-bond acceptors (Lipinski definition) is 14. The Kier molecular flexibility index (Phi) is 12.7. The molecule has 2 saturated heterocycles. The van der Waals surface area contributed by atoms with Crippen molar-refractivity contribution < 1.29 is 70.0 Å². The van der Waals surface area contributed by atoms with Crippen LogP contribution in [0.1, 0.15) is 107 Å². The molecular weight excluding hydrogens is 728 g/mol. The summed E-state index contributed by atoms with van der Waals surface area (Å²) in [5.74, 6) is -0.781. The second kappa shape index (κ2) is 15.9. The van der Waals surface area contributed by atoms with Crippen LogP contribution in [0, 0.1) is 45.3 Å². The van der Waals surface area contributed by atoms with Crippen molar-refractivity contribution in [3.05, 3.63) is 11.6 Å². The van der Waals surface area contributed by atoms with E-state index in [4.69, 9.17) is 18.9 Å². The first-order chi connectivity index (χ1) is 26.0. The lowest BCUT2D eigenvalue weighted by molar-refractivity contribution is -0.349. The molecule has 56 heavy (non-hydrogen) atoms. The Labute approximate surface area is 331 Å². The highest BCUT2D eigenvalue weighted by Gasteiger charge is 2.74. The zero-order chi connectivity index (χ0) is 41.5. The first kappa shape index (κ1) is 44.7. The highest BCUT2D eigenvalue weighted by atomic mass is 16.7. The van der Waals surface area contributed by atoms with Crippen LogP contribution in [0.25, 0.3) is 0 Å². The maximum Gasteiger partial charge on any atom is 0.187 e. The summed E-state index contributed by atoms with van der Waals surface area (Å²) in [6.07, 6.45) is -9.52. The maximum absolute atomic E-state index is 12.6. The van der Waals surface area contributed by atoms with E-state index in [9.17, 15) is 51.1 Å². The summed E-state index contributed by atoms with van der Waals surface area (Å²) in [7, 11) is 0.